The molecule has 7 heteroatoms. The molecule has 0 heterocycles. The summed E-state index contributed by atoms with van der Waals surface area (Å²) in [5, 5.41) is 3.16. The van der Waals surface area contributed by atoms with Crippen molar-refractivity contribution in [2.24, 2.45) is 17.8 Å². The molecule has 29 heavy (non-hydrogen) atoms. The first-order valence-electron chi connectivity index (χ1n) is 10.3. The largest absolute Gasteiger partial charge is 0.452 e. The smallest absolute Gasteiger partial charge is 0.416 e. The van der Waals surface area contributed by atoms with Crippen LogP contribution in [0.15, 0.2) is 24.3 Å². The highest BCUT2D eigenvalue weighted by atomic mass is 19.4. The zero-order valence-electron chi connectivity index (χ0n) is 16.4. The predicted molar refractivity (Wildman–Crippen MR) is 99.7 cm³/mol. The highest BCUT2D eigenvalue weighted by Crippen LogP contribution is 2.55. The van der Waals surface area contributed by atoms with Gasteiger partial charge in [0.15, 0.2) is 6.10 Å². The average Bonchev–Trinajstić information content (AvgIpc) is 2.59. The molecular formula is C22H26F3NO3. The maximum atomic E-state index is 12.8. The fraction of sp³-hybridized carbons (Fsp3) is 0.636. The molecule has 4 aliphatic rings. The summed E-state index contributed by atoms with van der Waals surface area (Å²) in [5.41, 5.74) is -0.776. The van der Waals surface area contributed by atoms with Crippen LogP contribution in [0, 0.1) is 17.8 Å². The van der Waals surface area contributed by atoms with Crippen LogP contribution in [-0.2, 0) is 26.9 Å². The summed E-state index contributed by atoms with van der Waals surface area (Å²) in [6.07, 6.45) is 1.02. The molecule has 0 radical (unpaired) electrons. The van der Waals surface area contributed by atoms with Gasteiger partial charge in [-0.05, 0) is 74.8 Å². The molecule has 0 unspecified atom stereocenters. The van der Waals surface area contributed by atoms with Crippen molar-refractivity contribution in [3.05, 3.63) is 35.4 Å². The molecule has 1 aromatic carbocycles. The lowest BCUT2D eigenvalue weighted by molar-refractivity contribution is -0.156. The third-order valence-electron chi connectivity index (χ3n) is 6.71. The van der Waals surface area contributed by atoms with Crippen LogP contribution >= 0.6 is 0 Å². The summed E-state index contributed by atoms with van der Waals surface area (Å²) in [7, 11) is 0. The number of esters is 1. The van der Waals surface area contributed by atoms with E-state index in [1.54, 1.807) is 0 Å². The molecule has 1 atom stereocenters. The van der Waals surface area contributed by atoms with E-state index in [-0.39, 0.29) is 23.4 Å². The van der Waals surface area contributed by atoms with Gasteiger partial charge in [0.2, 0.25) is 0 Å². The molecule has 4 nitrogen and oxygen atoms in total. The Kier molecular flexibility index (Phi) is 5.11. The van der Waals surface area contributed by atoms with Crippen LogP contribution in [0.2, 0.25) is 0 Å². The highest BCUT2D eigenvalue weighted by Gasteiger charge is 2.51. The zero-order valence-corrected chi connectivity index (χ0v) is 16.4. The van der Waals surface area contributed by atoms with Gasteiger partial charge < -0.3 is 10.1 Å². The lowest BCUT2D eigenvalue weighted by Crippen LogP contribution is -2.61. The van der Waals surface area contributed by atoms with Gasteiger partial charge in [-0.25, -0.2) is 0 Å². The number of alkyl halides is 3. The van der Waals surface area contributed by atoms with E-state index in [0.29, 0.717) is 17.8 Å². The van der Waals surface area contributed by atoms with Crippen molar-refractivity contribution < 1.29 is 27.5 Å². The number of hydrogen-bond donors (Lipinski definition) is 1. The van der Waals surface area contributed by atoms with Crippen molar-refractivity contribution in [1.82, 2.24) is 5.32 Å². The second-order valence-electron chi connectivity index (χ2n) is 9.19. The Morgan fingerprint density at radius 2 is 1.72 bits per heavy atom. The summed E-state index contributed by atoms with van der Waals surface area (Å²) in [6.45, 7) is 1.51. The Morgan fingerprint density at radius 1 is 1.14 bits per heavy atom. The Morgan fingerprint density at radius 3 is 2.28 bits per heavy atom. The van der Waals surface area contributed by atoms with Gasteiger partial charge in [-0.1, -0.05) is 18.2 Å². The Balaban J connectivity index is 1.33. The quantitative estimate of drug-likeness (QED) is 0.740. The van der Waals surface area contributed by atoms with Crippen molar-refractivity contribution >= 4 is 11.9 Å². The molecule has 1 N–H and O–H groups in total. The first-order chi connectivity index (χ1) is 13.6. The minimum absolute atomic E-state index is 0.173. The van der Waals surface area contributed by atoms with Gasteiger partial charge in [0.1, 0.15) is 0 Å². The molecule has 1 aromatic rings. The van der Waals surface area contributed by atoms with Crippen LogP contribution in [0.1, 0.15) is 56.6 Å². The summed E-state index contributed by atoms with van der Waals surface area (Å²) in [5.74, 6) is 1.02. The number of amides is 1. The molecule has 158 valence electrons. The van der Waals surface area contributed by atoms with Crippen LogP contribution in [0.5, 0.6) is 0 Å². The van der Waals surface area contributed by atoms with E-state index in [1.807, 2.05) is 0 Å². The molecule has 4 aliphatic carbocycles. The molecule has 4 fully saturated rings. The Labute approximate surface area is 168 Å². The Hall–Kier alpha value is -2.05. The lowest BCUT2D eigenvalue weighted by atomic mass is 9.53. The van der Waals surface area contributed by atoms with Crippen LogP contribution in [0.3, 0.4) is 0 Å². The fourth-order valence-corrected chi connectivity index (χ4v) is 5.94. The van der Waals surface area contributed by atoms with Gasteiger partial charge in [0.05, 0.1) is 12.0 Å². The van der Waals surface area contributed by atoms with E-state index in [0.717, 1.165) is 31.4 Å². The van der Waals surface area contributed by atoms with Crippen LogP contribution < -0.4 is 5.32 Å². The van der Waals surface area contributed by atoms with Gasteiger partial charge >= 0.3 is 12.1 Å². The number of benzene rings is 1. The third kappa shape index (κ3) is 4.43. The van der Waals surface area contributed by atoms with Crippen molar-refractivity contribution in [3.8, 4) is 0 Å². The number of ether oxygens (including phenoxy) is 1. The topological polar surface area (TPSA) is 55.4 Å². The minimum atomic E-state index is -4.47. The molecule has 0 saturated heterocycles. The van der Waals surface area contributed by atoms with Gasteiger partial charge in [-0.15, -0.1) is 0 Å². The molecule has 0 spiro atoms. The number of nitrogens with one attached hydrogen (secondary N) is 1. The first kappa shape index (κ1) is 20.2. The maximum Gasteiger partial charge on any atom is 0.416 e. The molecule has 4 bridgehead atoms. The summed E-state index contributed by atoms with van der Waals surface area (Å²) in [6, 6.07) is 4.59. The van der Waals surface area contributed by atoms with E-state index in [1.165, 1.54) is 38.3 Å². The van der Waals surface area contributed by atoms with Gasteiger partial charge in [-0.2, -0.15) is 13.2 Å². The zero-order chi connectivity index (χ0) is 20.8. The molecule has 1 amide bonds. The fourth-order valence-electron chi connectivity index (χ4n) is 5.94. The third-order valence-corrected chi connectivity index (χ3v) is 6.71. The van der Waals surface area contributed by atoms with Gasteiger partial charge in [0, 0.05) is 5.54 Å². The second kappa shape index (κ2) is 7.33. The van der Waals surface area contributed by atoms with Crippen LogP contribution in [-0.4, -0.2) is 23.5 Å². The van der Waals surface area contributed by atoms with Crippen LogP contribution in [0.4, 0.5) is 13.2 Å². The van der Waals surface area contributed by atoms with Crippen molar-refractivity contribution in [2.45, 2.75) is 69.7 Å². The van der Waals surface area contributed by atoms with Crippen molar-refractivity contribution in [3.63, 3.8) is 0 Å². The van der Waals surface area contributed by atoms with Gasteiger partial charge in [0.25, 0.3) is 5.91 Å². The molecule has 0 aliphatic heterocycles. The molecule has 4 saturated carbocycles. The number of carbonyl (C=O) groups excluding carboxylic acids is 2. The standard InChI is InChI=1S/C22H26F3NO3/c1-13(29-19(27)9-14-3-2-4-18(8-14)22(23,24)25)20(28)26-21-10-15-5-16(11-21)7-17(6-15)12-21/h2-4,8,13,15-17H,5-7,9-12H2,1H3,(H,26,28)/t13-,15?,16?,17?,21?/m0/s1. The highest BCUT2D eigenvalue weighted by molar-refractivity contribution is 5.84. The SMILES string of the molecule is C[C@H](OC(=O)Cc1cccc(C(F)(F)F)c1)C(=O)NC12CC3CC(CC(C3)C1)C2. The van der Waals surface area contributed by atoms with Crippen molar-refractivity contribution in [1.29, 1.82) is 0 Å². The average molecular weight is 409 g/mol. The second-order valence-corrected chi connectivity index (χ2v) is 9.19. The summed E-state index contributed by atoms with van der Waals surface area (Å²) in [4.78, 5) is 24.8. The number of carbonyl (C=O) groups is 2. The van der Waals surface area contributed by atoms with Crippen LogP contribution in [0.25, 0.3) is 0 Å². The first-order valence-corrected chi connectivity index (χ1v) is 10.3. The predicted octanol–water partition coefficient (Wildman–Crippen LogP) is 4.26. The Bertz CT molecular complexity index is 769. The number of rotatable bonds is 5. The maximum absolute atomic E-state index is 12.8. The summed E-state index contributed by atoms with van der Waals surface area (Å²) >= 11 is 0. The van der Waals surface area contributed by atoms with Gasteiger partial charge in [-0.3, -0.25) is 9.59 Å². The number of halogens is 3. The molecular weight excluding hydrogens is 383 g/mol. The normalized spacial score (nSPS) is 31.4. The van der Waals surface area contributed by atoms with E-state index in [2.05, 4.69) is 5.32 Å². The molecule has 5 rings (SSSR count). The van der Waals surface area contributed by atoms with E-state index in [9.17, 15) is 22.8 Å². The monoisotopic (exact) mass is 409 g/mol. The van der Waals surface area contributed by atoms with E-state index < -0.39 is 23.8 Å². The lowest BCUT2D eigenvalue weighted by Gasteiger charge is -2.57. The van der Waals surface area contributed by atoms with E-state index >= 15 is 0 Å². The van der Waals surface area contributed by atoms with Crippen molar-refractivity contribution in [2.75, 3.05) is 0 Å². The number of hydrogen-bond acceptors (Lipinski definition) is 3. The minimum Gasteiger partial charge on any atom is -0.452 e. The van der Waals surface area contributed by atoms with E-state index in [4.69, 9.17) is 4.74 Å². The molecule has 0 aromatic heterocycles. The summed E-state index contributed by atoms with van der Waals surface area (Å²) < 4.78 is 43.6.